The largest absolute Gasteiger partial charge is 0.481 e. The topological polar surface area (TPSA) is 63.3 Å². The molecule has 0 radical (unpaired) electrons. The van der Waals surface area contributed by atoms with Crippen molar-refractivity contribution in [2.45, 2.75) is 52.5 Å². The monoisotopic (exact) mass is 187 g/mol. The summed E-state index contributed by atoms with van der Waals surface area (Å²) >= 11 is 0. The zero-order chi connectivity index (χ0) is 10.5. The Morgan fingerprint density at radius 2 is 1.92 bits per heavy atom. The maximum absolute atomic E-state index is 10.2. The maximum Gasteiger partial charge on any atom is 0.303 e. The van der Waals surface area contributed by atoms with Gasteiger partial charge in [-0.2, -0.15) is 0 Å². The molecular formula is C10H21NO2. The van der Waals surface area contributed by atoms with Crippen molar-refractivity contribution in [3.63, 3.8) is 0 Å². The first-order valence-corrected chi connectivity index (χ1v) is 4.78. The second kappa shape index (κ2) is 5.22. The van der Waals surface area contributed by atoms with E-state index in [0.29, 0.717) is 11.8 Å². The molecule has 0 amide bonds. The van der Waals surface area contributed by atoms with Crippen LogP contribution in [0.5, 0.6) is 0 Å². The summed E-state index contributed by atoms with van der Waals surface area (Å²) in [7, 11) is 0. The van der Waals surface area contributed by atoms with Crippen LogP contribution in [0, 0.1) is 5.41 Å². The Morgan fingerprint density at radius 3 is 2.31 bits per heavy atom. The average Bonchev–Trinajstić information content (AvgIpc) is 1.95. The molecule has 0 spiro atoms. The lowest BCUT2D eigenvalue weighted by Crippen LogP contribution is -2.23. The molecule has 0 aromatic rings. The van der Waals surface area contributed by atoms with E-state index in [1.54, 1.807) is 0 Å². The van der Waals surface area contributed by atoms with E-state index in [2.05, 4.69) is 20.8 Å². The average molecular weight is 187 g/mol. The van der Waals surface area contributed by atoms with Gasteiger partial charge >= 0.3 is 5.97 Å². The van der Waals surface area contributed by atoms with E-state index < -0.39 is 5.97 Å². The first-order chi connectivity index (χ1) is 5.81. The number of carboxylic acids is 1. The predicted molar refractivity (Wildman–Crippen MR) is 53.5 cm³/mol. The van der Waals surface area contributed by atoms with Crippen molar-refractivity contribution in [2.75, 3.05) is 0 Å². The van der Waals surface area contributed by atoms with Crippen LogP contribution in [0.1, 0.15) is 46.5 Å². The minimum Gasteiger partial charge on any atom is -0.481 e. The van der Waals surface area contributed by atoms with Gasteiger partial charge in [-0.15, -0.1) is 0 Å². The summed E-state index contributed by atoms with van der Waals surface area (Å²) in [6.45, 7) is 6.49. The molecule has 0 aromatic heterocycles. The first-order valence-electron chi connectivity index (χ1n) is 4.78. The van der Waals surface area contributed by atoms with Gasteiger partial charge < -0.3 is 10.8 Å². The zero-order valence-electron chi connectivity index (χ0n) is 8.84. The highest BCUT2D eigenvalue weighted by Crippen LogP contribution is 2.21. The SMILES string of the molecule is CC(C)(C)CCC(N)CCC(=O)O. The van der Waals surface area contributed by atoms with Crippen LogP contribution in [0.25, 0.3) is 0 Å². The summed E-state index contributed by atoms with van der Waals surface area (Å²) in [5.74, 6) is -0.758. The lowest BCUT2D eigenvalue weighted by Gasteiger charge is -2.20. The molecule has 0 heterocycles. The highest BCUT2D eigenvalue weighted by molar-refractivity contribution is 5.66. The third-order valence-electron chi connectivity index (χ3n) is 1.99. The van der Waals surface area contributed by atoms with Crippen molar-refractivity contribution in [2.24, 2.45) is 11.1 Å². The van der Waals surface area contributed by atoms with E-state index in [1.165, 1.54) is 0 Å². The molecule has 78 valence electrons. The van der Waals surface area contributed by atoms with Gasteiger partial charge in [0.1, 0.15) is 0 Å². The Labute approximate surface area is 80.3 Å². The fourth-order valence-electron chi connectivity index (χ4n) is 1.07. The summed E-state index contributed by atoms with van der Waals surface area (Å²) in [6.07, 6.45) is 2.74. The van der Waals surface area contributed by atoms with Crippen molar-refractivity contribution < 1.29 is 9.90 Å². The predicted octanol–water partition coefficient (Wildman–Crippen LogP) is 2.00. The van der Waals surface area contributed by atoms with Crippen molar-refractivity contribution >= 4 is 5.97 Å². The summed E-state index contributed by atoms with van der Waals surface area (Å²) in [6, 6.07) is 0.0373. The fraction of sp³-hybridized carbons (Fsp3) is 0.900. The van der Waals surface area contributed by atoms with Crippen molar-refractivity contribution in [1.29, 1.82) is 0 Å². The Kier molecular flexibility index (Phi) is 4.99. The molecule has 0 saturated carbocycles. The molecule has 3 heteroatoms. The van der Waals surface area contributed by atoms with Gasteiger partial charge in [0.2, 0.25) is 0 Å². The molecule has 0 aliphatic rings. The molecule has 3 N–H and O–H groups in total. The lowest BCUT2D eigenvalue weighted by atomic mass is 9.88. The van der Waals surface area contributed by atoms with Gasteiger partial charge in [0.05, 0.1) is 0 Å². The van der Waals surface area contributed by atoms with E-state index in [-0.39, 0.29) is 12.5 Å². The minimum atomic E-state index is -0.758. The highest BCUT2D eigenvalue weighted by atomic mass is 16.4. The van der Waals surface area contributed by atoms with E-state index >= 15 is 0 Å². The Hall–Kier alpha value is -0.570. The number of nitrogens with two attached hydrogens (primary N) is 1. The highest BCUT2D eigenvalue weighted by Gasteiger charge is 2.13. The van der Waals surface area contributed by atoms with Crippen molar-refractivity contribution in [3.8, 4) is 0 Å². The Morgan fingerprint density at radius 1 is 1.38 bits per heavy atom. The third-order valence-corrected chi connectivity index (χ3v) is 1.99. The third kappa shape index (κ3) is 9.34. The molecule has 0 fully saturated rings. The number of rotatable bonds is 5. The van der Waals surface area contributed by atoms with E-state index in [1.807, 2.05) is 0 Å². The molecule has 0 aliphatic heterocycles. The number of carbonyl (C=O) groups is 1. The second-order valence-corrected chi connectivity index (χ2v) is 4.79. The van der Waals surface area contributed by atoms with Gasteiger partial charge in [-0.05, 0) is 24.7 Å². The van der Waals surface area contributed by atoms with Crippen LogP contribution in [-0.4, -0.2) is 17.1 Å². The fourth-order valence-corrected chi connectivity index (χ4v) is 1.07. The molecule has 0 rings (SSSR count). The van der Waals surface area contributed by atoms with Crippen LogP contribution in [0.2, 0.25) is 0 Å². The molecule has 13 heavy (non-hydrogen) atoms. The molecule has 3 nitrogen and oxygen atoms in total. The Bertz CT molecular complexity index is 161. The molecule has 1 atom stereocenters. The van der Waals surface area contributed by atoms with Gasteiger partial charge in [-0.1, -0.05) is 20.8 Å². The first kappa shape index (κ1) is 12.4. The van der Waals surface area contributed by atoms with E-state index in [4.69, 9.17) is 10.8 Å². The molecule has 0 saturated heterocycles. The van der Waals surface area contributed by atoms with Gasteiger partial charge in [0.25, 0.3) is 0 Å². The molecular weight excluding hydrogens is 166 g/mol. The zero-order valence-corrected chi connectivity index (χ0v) is 8.84. The number of aliphatic carboxylic acids is 1. The van der Waals surface area contributed by atoms with Gasteiger partial charge in [-0.25, -0.2) is 0 Å². The van der Waals surface area contributed by atoms with E-state index in [9.17, 15) is 4.79 Å². The standard InChI is InChI=1S/C10H21NO2/c1-10(2,3)7-6-8(11)4-5-9(12)13/h8H,4-7,11H2,1-3H3,(H,12,13). The normalized spacial score (nSPS) is 14.2. The van der Waals surface area contributed by atoms with Crippen LogP contribution in [-0.2, 0) is 4.79 Å². The van der Waals surface area contributed by atoms with Crippen LogP contribution >= 0.6 is 0 Å². The van der Waals surface area contributed by atoms with Gasteiger partial charge in [0, 0.05) is 12.5 Å². The van der Waals surface area contributed by atoms with Crippen LogP contribution < -0.4 is 5.73 Å². The number of carboxylic acid groups (broad SMARTS) is 1. The van der Waals surface area contributed by atoms with Crippen molar-refractivity contribution in [1.82, 2.24) is 0 Å². The molecule has 0 aromatic carbocycles. The molecule has 0 bridgehead atoms. The van der Waals surface area contributed by atoms with Crippen molar-refractivity contribution in [3.05, 3.63) is 0 Å². The summed E-state index contributed by atoms with van der Waals surface area (Å²) in [5, 5.41) is 8.43. The second-order valence-electron chi connectivity index (χ2n) is 4.79. The summed E-state index contributed by atoms with van der Waals surface area (Å²) in [4.78, 5) is 10.2. The van der Waals surface area contributed by atoms with Crippen LogP contribution in [0.3, 0.4) is 0 Å². The lowest BCUT2D eigenvalue weighted by molar-refractivity contribution is -0.137. The summed E-state index contributed by atoms with van der Waals surface area (Å²) < 4.78 is 0. The smallest absolute Gasteiger partial charge is 0.303 e. The minimum absolute atomic E-state index is 0.0373. The van der Waals surface area contributed by atoms with Crippen LogP contribution in [0.15, 0.2) is 0 Å². The number of hydrogen-bond donors (Lipinski definition) is 2. The van der Waals surface area contributed by atoms with Gasteiger partial charge in [0.15, 0.2) is 0 Å². The number of hydrogen-bond acceptors (Lipinski definition) is 2. The quantitative estimate of drug-likeness (QED) is 0.692. The molecule has 1 unspecified atom stereocenters. The van der Waals surface area contributed by atoms with Gasteiger partial charge in [-0.3, -0.25) is 4.79 Å². The molecule has 0 aliphatic carbocycles. The van der Waals surface area contributed by atoms with E-state index in [0.717, 1.165) is 12.8 Å². The maximum atomic E-state index is 10.2. The Balaban J connectivity index is 3.52. The van der Waals surface area contributed by atoms with Crippen LogP contribution in [0.4, 0.5) is 0 Å². The summed E-state index contributed by atoms with van der Waals surface area (Å²) in [5.41, 5.74) is 6.06.